The highest BCUT2D eigenvalue weighted by molar-refractivity contribution is 5.94. The van der Waals surface area contributed by atoms with Crippen LogP contribution in [0, 0.1) is 20.8 Å². The molecule has 0 saturated carbocycles. The average molecular weight is 354 g/mol. The average Bonchev–Trinajstić information content (AvgIpc) is 2.65. The van der Waals surface area contributed by atoms with Crippen LogP contribution in [-0.2, 0) is 14.1 Å². The first-order chi connectivity index (χ1) is 13.0. The van der Waals surface area contributed by atoms with Gasteiger partial charge < -0.3 is 0 Å². The van der Waals surface area contributed by atoms with E-state index in [4.69, 9.17) is 0 Å². The van der Waals surface area contributed by atoms with Gasteiger partial charge in [0.2, 0.25) is 11.4 Å². The second kappa shape index (κ2) is 6.62. The lowest BCUT2D eigenvalue weighted by Gasteiger charge is -2.12. The number of hydrogen-bond acceptors (Lipinski definition) is 0. The molecule has 0 unspecified atom stereocenters. The molecular formula is C25H26N2+2. The van der Waals surface area contributed by atoms with Crippen molar-refractivity contribution in [2.75, 3.05) is 0 Å². The molecule has 2 nitrogen and oxygen atoms in total. The van der Waals surface area contributed by atoms with Crippen molar-refractivity contribution < 1.29 is 9.13 Å². The van der Waals surface area contributed by atoms with Crippen LogP contribution in [-0.4, -0.2) is 0 Å². The number of rotatable bonds is 2. The van der Waals surface area contributed by atoms with Crippen LogP contribution < -0.4 is 9.13 Å². The Morgan fingerprint density at radius 2 is 1.48 bits per heavy atom. The smallest absolute Gasteiger partial charge is 0.200 e. The molecule has 27 heavy (non-hydrogen) atoms. The third-order valence-electron chi connectivity index (χ3n) is 5.60. The largest absolute Gasteiger partial charge is 0.220 e. The molecule has 0 aliphatic rings. The number of pyridine rings is 2. The maximum absolute atomic E-state index is 2.28. The minimum Gasteiger partial charge on any atom is -0.200 e. The molecule has 4 aromatic rings. The van der Waals surface area contributed by atoms with Crippen LogP contribution in [0.2, 0.25) is 0 Å². The lowest BCUT2D eigenvalue weighted by Crippen LogP contribution is -2.35. The molecule has 2 aromatic carbocycles. The molecule has 0 aliphatic heterocycles. The zero-order valence-electron chi connectivity index (χ0n) is 16.7. The van der Waals surface area contributed by atoms with E-state index in [2.05, 4.69) is 111 Å². The Morgan fingerprint density at radius 3 is 2.30 bits per heavy atom. The Hall–Kier alpha value is -3.00. The molecule has 0 atom stereocenters. The van der Waals surface area contributed by atoms with Crippen molar-refractivity contribution in [2.24, 2.45) is 14.1 Å². The van der Waals surface area contributed by atoms with Crippen molar-refractivity contribution in [3.63, 3.8) is 0 Å². The molecule has 0 N–H and O–H groups in total. The fourth-order valence-electron chi connectivity index (χ4n) is 4.05. The van der Waals surface area contributed by atoms with Gasteiger partial charge in [-0.2, -0.15) is 4.57 Å². The van der Waals surface area contributed by atoms with Gasteiger partial charge in [-0.25, -0.2) is 4.57 Å². The van der Waals surface area contributed by atoms with E-state index in [0.29, 0.717) is 0 Å². The lowest BCUT2D eigenvalue weighted by molar-refractivity contribution is -0.666. The Labute approximate surface area is 161 Å². The fraction of sp³-hybridized carbons (Fsp3) is 0.200. The first kappa shape index (κ1) is 17.4. The topological polar surface area (TPSA) is 7.76 Å². The summed E-state index contributed by atoms with van der Waals surface area (Å²) < 4.78 is 4.51. The summed E-state index contributed by atoms with van der Waals surface area (Å²) >= 11 is 0. The Balaban J connectivity index is 2.02. The van der Waals surface area contributed by atoms with E-state index in [9.17, 15) is 0 Å². The summed E-state index contributed by atoms with van der Waals surface area (Å²) in [7, 11) is 4.28. The SMILES string of the molecule is Cc1cc(C)[n+](C)c(-c2cccc(-c3c4ccccc4cc[n+]3C)c2C)c1. The van der Waals surface area contributed by atoms with Crippen molar-refractivity contribution in [1.82, 2.24) is 0 Å². The molecule has 134 valence electrons. The second-order valence-corrected chi connectivity index (χ2v) is 7.46. The summed E-state index contributed by atoms with van der Waals surface area (Å²) in [5, 5.41) is 2.56. The minimum atomic E-state index is 1.26. The van der Waals surface area contributed by atoms with Crippen molar-refractivity contribution in [3.8, 4) is 22.5 Å². The zero-order valence-corrected chi connectivity index (χ0v) is 16.7. The number of aromatic nitrogens is 2. The van der Waals surface area contributed by atoms with Gasteiger partial charge >= 0.3 is 0 Å². The maximum atomic E-state index is 2.28. The van der Waals surface area contributed by atoms with Crippen molar-refractivity contribution in [1.29, 1.82) is 0 Å². The second-order valence-electron chi connectivity index (χ2n) is 7.46. The Kier molecular flexibility index (Phi) is 4.27. The molecule has 0 aliphatic carbocycles. The fourth-order valence-corrected chi connectivity index (χ4v) is 4.05. The molecule has 0 spiro atoms. The molecule has 0 saturated heterocycles. The molecular weight excluding hydrogens is 328 g/mol. The van der Waals surface area contributed by atoms with Gasteiger partial charge in [-0.1, -0.05) is 24.3 Å². The van der Waals surface area contributed by atoms with Gasteiger partial charge in [0.25, 0.3) is 0 Å². The Morgan fingerprint density at radius 1 is 0.741 bits per heavy atom. The van der Waals surface area contributed by atoms with Crippen LogP contribution in [0.3, 0.4) is 0 Å². The van der Waals surface area contributed by atoms with Gasteiger partial charge in [-0.05, 0) is 48.6 Å². The summed E-state index contributed by atoms with van der Waals surface area (Å²) in [6, 6.07) is 22.0. The van der Waals surface area contributed by atoms with Crippen molar-refractivity contribution in [2.45, 2.75) is 20.8 Å². The van der Waals surface area contributed by atoms with Gasteiger partial charge in [0, 0.05) is 30.7 Å². The third-order valence-corrected chi connectivity index (χ3v) is 5.60. The summed E-state index contributed by atoms with van der Waals surface area (Å²) in [5.41, 5.74) is 8.96. The summed E-state index contributed by atoms with van der Waals surface area (Å²) in [5.74, 6) is 0. The highest BCUT2D eigenvalue weighted by Crippen LogP contribution is 2.32. The van der Waals surface area contributed by atoms with E-state index in [-0.39, 0.29) is 0 Å². The summed E-state index contributed by atoms with van der Waals surface area (Å²) in [4.78, 5) is 0. The molecule has 2 aromatic heterocycles. The highest BCUT2D eigenvalue weighted by atomic mass is 14.9. The zero-order chi connectivity index (χ0) is 19.1. The maximum Gasteiger partial charge on any atom is 0.220 e. The summed E-state index contributed by atoms with van der Waals surface area (Å²) in [6.45, 7) is 6.57. The van der Waals surface area contributed by atoms with Gasteiger partial charge in [0.05, 0.1) is 10.9 Å². The van der Waals surface area contributed by atoms with Crippen LogP contribution in [0.25, 0.3) is 33.3 Å². The molecule has 2 heterocycles. The van der Waals surface area contributed by atoms with E-state index >= 15 is 0 Å². The van der Waals surface area contributed by atoms with E-state index in [1.807, 2.05) is 0 Å². The van der Waals surface area contributed by atoms with Crippen molar-refractivity contribution >= 4 is 10.8 Å². The molecule has 0 fully saturated rings. The van der Waals surface area contributed by atoms with E-state index < -0.39 is 0 Å². The molecule has 4 rings (SSSR count). The molecule has 2 heteroatoms. The van der Waals surface area contributed by atoms with Gasteiger partial charge in [0.15, 0.2) is 11.9 Å². The van der Waals surface area contributed by atoms with Gasteiger partial charge in [-0.15, -0.1) is 0 Å². The predicted octanol–water partition coefficient (Wildman–Crippen LogP) is 4.75. The number of fused-ring (bicyclic) bond motifs is 1. The number of nitrogens with zero attached hydrogens (tertiary/aromatic N) is 2. The summed E-state index contributed by atoms with van der Waals surface area (Å²) in [6.07, 6.45) is 2.15. The number of benzene rings is 2. The minimum absolute atomic E-state index is 1.26. The first-order valence-corrected chi connectivity index (χ1v) is 9.42. The van der Waals surface area contributed by atoms with Crippen LogP contribution in [0.4, 0.5) is 0 Å². The molecule has 0 radical (unpaired) electrons. The quantitative estimate of drug-likeness (QED) is 0.459. The van der Waals surface area contributed by atoms with E-state index in [0.717, 1.165) is 0 Å². The first-order valence-electron chi connectivity index (χ1n) is 9.42. The third kappa shape index (κ3) is 2.91. The molecule has 0 bridgehead atoms. The number of aryl methyl sites for hydroxylation is 3. The van der Waals surface area contributed by atoms with E-state index in [1.54, 1.807) is 0 Å². The van der Waals surface area contributed by atoms with Crippen LogP contribution in [0.15, 0.2) is 66.9 Å². The van der Waals surface area contributed by atoms with Gasteiger partial charge in [-0.3, -0.25) is 0 Å². The number of hydrogen-bond donors (Lipinski definition) is 0. The van der Waals surface area contributed by atoms with Crippen molar-refractivity contribution in [3.05, 3.63) is 83.7 Å². The predicted molar refractivity (Wildman–Crippen MR) is 111 cm³/mol. The Bertz CT molecular complexity index is 1170. The van der Waals surface area contributed by atoms with Crippen LogP contribution >= 0.6 is 0 Å². The van der Waals surface area contributed by atoms with E-state index in [1.165, 1.54) is 50.1 Å². The van der Waals surface area contributed by atoms with Crippen LogP contribution in [0.5, 0.6) is 0 Å². The highest BCUT2D eigenvalue weighted by Gasteiger charge is 2.22. The standard InChI is InChI=1S/C25H26N2/c1-17-15-18(2)27(5)24(16-17)21-11-8-12-22(19(21)3)25-23-10-7-6-9-20(23)13-14-26(25)4/h6-16H,1-5H3/q+2. The molecule has 0 amide bonds. The normalized spacial score (nSPS) is 11.1. The monoisotopic (exact) mass is 354 g/mol. The van der Waals surface area contributed by atoms with Gasteiger partial charge in [0.1, 0.15) is 14.1 Å². The lowest BCUT2D eigenvalue weighted by atomic mass is 9.94. The van der Waals surface area contributed by atoms with Crippen LogP contribution in [0.1, 0.15) is 16.8 Å².